The second kappa shape index (κ2) is 4.17. The van der Waals surface area contributed by atoms with Gasteiger partial charge in [-0.3, -0.25) is 0 Å². The summed E-state index contributed by atoms with van der Waals surface area (Å²) in [4.78, 5) is 0. The summed E-state index contributed by atoms with van der Waals surface area (Å²) in [5.41, 5.74) is 0. The van der Waals surface area contributed by atoms with Gasteiger partial charge < -0.3 is 0 Å². The van der Waals surface area contributed by atoms with Gasteiger partial charge in [0.2, 0.25) is 10.0 Å². The zero-order valence-corrected chi connectivity index (χ0v) is 10.8. The lowest BCUT2D eigenvalue weighted by Crippen LogP contribution is -2.37. The molecule has 1 heterocycles. The van der Waals surface area contributed by atoms with Crippen LogP contribution in [0.2, 0.25) is 0 Å². The average molecular weight is 277 g/mol. The van der Waals surface area contributed by atoms with Crippen LogP contribution in [0.5, 0.6) is 0 Å². The maximum atomic E-state index is 11.2. The minimum atomic E-state index is -3.77. The molecule has 1 aliphatic heterocycles. The fourth-order valence-electron chi connectivity index (χ4n) is 1.49. The Morgan fingerprint density at radius 3 is 2.20 bits per heavy atom. The molecule has 1 unspecified atom stereocenters. The number of halogens is 1. The first-order valence-corrected chi connectivity index (χ1v) is 8.36. The van der Waals surface area contributed by atoms with E-state index in [9.17, 15) is 16.8 Å². The van der Waals surface area contributed by atoms with Gasteiger partial charge >= 0.3 is 0 Å². The average Bonchev–Trinajstić information content (AvgIpc) is 2.47. The lowest BCUT2D eigenvalue weighted by Gasteiger charge is -2.20. The molecule has 15 heavy (non-hydrogen) atoms. The van der Waals surface area contributed by atoms with Crippen LogP contribution in [0.3, 0.4) is 0 Å². The van der Waals surface area contributed by atoms with Crippen molar-refractivity contribution in [3.63, 3.8) is 0 Å². The summed E-state index contributed by atoms with van der Waals surface area (Å²) in [5, 5.41) is 0. The number of likely N-dealkylation sites (N-methyl/N-ethyl adjacent to an activating group) is 1. The van der Waals surface area contributed by atoms with Crippen molar-refractivity contribution in [2.75, 3.05) is 26.4 Å². The molecule has 1 saturated heterocycles. The summed E-state index contributed by atoms with van der Waals surface area (Å²) in [7, 11) is -0.515. The maximum absolute atomic E-state index is 11.2. The van der Waals surface area contributed by atoms with Crippen molar-refractivity contribution in [1.82, 2.24) is 8.61 Å². The third-order valence-electron chi connectivity index (χ3n) is 2.45. The molecule has 0 spiro atoms. The lowest BCUT2D eigenvalue weighted by atomic mass is 10.3. The number of rotatable bonds is 3. The van der Waals surface area contributed by atoms with Gasteiger partial charge in [0.05, 0.1) is 6.26 Å². The number of nitrogens with zero attached hydrogens (tertiary/aromatic N) is 2. The highest BCUT2D eigenvalue weighted by Gasteiger charge is 2.34. The Morgan fingerprint density at radius 2 is 1.87 bits per heavy atom. The lowest BCUT2D eigenvalue weighted by molar-refractivity contribution is 0.378. The van der Waals surface area contributed by atoms with Crippen LogP contribution in [0, 0.1) is 0 Å². The Kier molecular flexibility index (Phi) is 3.66. The summed E-state index contributed by atoms with van der Waals surface area (Å²) in [5.74, 6) is 0. The fraction of sp³-hybridized carbons (Fsp3) is 1.00. The summed E-state index contributed by atoms with van der Waals surface area (Å²) < 4.78 is 46.6. The highest BCUT2D eigenvalue weighted by Crippen LogP contribution is 2.20. The van der Waals surface area contributed by atoms with Crippen LogP contribution >= 0.6 is 10.7 Å². The van der Waals surface area contributed by atoms with Crippen LogP contribution in [-0.4, -0.2) is 57.9 Å². The van der Waals surface area contributed by atoms with E-state index in [0.29, 0.717) is 13.0 Å². The van der Waals surface area contributed by atoms with E-state index in [1.807, 2.05) is 0 Å². The van der Waals surface area contributed by atoms with E-state index in [1.54, 1.807) is 0 Å². The Balaban J connectivity index is 2.74. The highest BCUT2D eigenvalue weighted by molar-refractivity contribution is 8.11. The number of hydrogen-bond donors (Lipinski definition) is 0. The van der Waals surface area contributed by atoms with Crippen molar-refractivity contribution < 1.29 is 16.8 Å². The smallest absolute Gasteiger partial charge is 0.213 e. The predicted molar refractivity (Wildman–Crippen MR) is 57.4 cm³/mol. The van der Waals surface area contributed by atoms with Gasteiger partial charge in [-0.2, -0.15) is 12.7 Å². The molecule has 0 radical (unpaired) electrons. The molecule has 0 aromatic heterocycles. The molecule has 1 fully saturated rings. The molecule has 0 bridgehead atoms. The minimum Gasteiger partial charge on any atom is -0.213 e. The Bertz CT molecular complexity index is 432. The van der Waals surface area contributed by atoms with Crippen molar-refractivity contribution in [3.8, 4) is 0 Å². The van der Waals surface area contributed by atoms with Crippen molar-refractivity contribution in [2.24, 2.45) is 0 Å². The highest BCUT2D eigenvalue weighted by atomic mass is 35.7. The second-order valence-corrected chi connectivity index (χ2v) is 8.07. The van der Waals surface area contributed by atoms with Gasteiger partial charge in [0.1, 0.15) is 0 Å². The fourth-order valence-corrected chi connectivity index (χ4v) is 3.23. The molecule has 0 amide bonds. The van der Waals surface area contributed by atoms with Crippen LogP contribution in [0.4, 0.5) is 0 Å². The number of hydrogen-bond acceptors (Lipinski definition) is 4. The quantitative estimate of drug-likeness (QED) is 0.648. The largest absolute Gasteiger partial charge is 0.299 e. The molecule has 6 nitrogen and oxygen atoms in total. The molecule has 1 aliphatic rings. The molecule has 0 saturated carbocycles. The van der Waals surface area contributed by atoms with E-state index < -0.39 is 19.3 Å². The molecule has 0 aliphatic carbocycles. The van der Waals surface area contributed by atoms with Crippen molar-refractivity contribution in [3.05, 3.63) is 0 Å². The first-order valence-electron chi connectivity index (χ1n) is 4.25. The van der Waals surface area contributed by atoms with Gasteiger partial charge in [-0.25, -0.2) is 12.7 Å². The predicted octanol–water partition coefficient (Wildman–Crippen LogP) is -0.564. The van der Waals surface area contributed by atoms with E-state index in [-0.39, 0.29) is 12.6 Å². The van der Waals surface area contributed by atoms with Crippen LogP contribution in [0.15, 0.2) is 0 Å². The molecule has 0 N–H and O–H groups in total. The van der Waals surface area contributed by atoms with Crippen molar-refractivity contribution >= 4 is 29.9 Å². The van der Waals surface area contributed by atoms with Crippen molar-refractivity contribution in [1.29, 1.82) is 0 Å². The monoisotopic (exact) mass is 276 g/mol. The van der Waals surface area contributed by atoms with E-state index in [0.717, 1.165) is 10.6 Å². The normalized spacial score (nSPS) is 24.9. The summed E-state index contributed by atoms with van der Waals surface area (Å²) >= 11 is 0. The van der Waals surface area contributed by atoms with Gasteiger partial charge in [0, 0.05) is 36.9 Å². The first kappa shape index (κ1) is 13.2. The molecule has 0 aromatic rings. The Morgan fingerprint density at radius 1 is 1.33 bits per heavy atom. The van der Waals surface area contributed by atoms with Gasteiger partial charge in [-0.15, -0.1) is 0 Å². The van der Waals surface area contributed by atoms with E-state index in [2.05, 4.69) is 0 Å². The van der Waals surface area contributed by atoms with Crippen molar-refractivity contribution in [2.45, 2.75) is 12.5 Å². The van der Waals surface area contributed by atoms with Gasteiger partial charge in [-0.05, 0) is 6.42 Å². The Hall–Kier alpha value is 0.110. The molecule has 90 valence electrons. The van der Waals surface area contributed by atoms with E-state index in [4.69, 9.17) is 10.7 Å². The molecule has 9 heteroatoms. The summed E-state index contributed by atoms with van der Waals surface area (Å²) in [6.07, 6.45) is 1.57. The maximum Gasteiger partial charge on any atom is 0.299 e. The molecular weight excluding hydrogens is 264 g/mol. The molecular formula is C6H13ClN2O4S2. The summed E-state index contributed by atoms with van der Waals surface area (Å²) in [6.45, 7) is 0.502. The third kappa shape index (κ3) is 3.28. The van der Waals surface area contributed by atoms with E-state index >= 15 is 0 Å². The number of sulfonamides is 1. The zero-order chi connectivity index (χ0) is 11.9. The minimum absolute atomic E-state index is 0.168. The molecule has 1 rings (SSSR count). The molecule has 1 atom stereocenters. The van der Waals surface area contributed by atoms with Gasteiger partial charge in [0.25, 0.3) is 9.24 Å². The zero-order valence-electron chi connectivity index (χ0n) is 8.42. The summed E-state index contributed by atoms with van der Waals surface area (Å²) in [6, 6.07) is -0.373. The van der Waals surface area contributed by atoms with E-state index in [1.165, 1.54) is 11.4 Å². The topological polar surface area (TPSA) is 74.8 Å². The Labute approximate surface area is 94.4 Å². The van der Waals surface area contributed by atoms with Gasteiger partial charge in [0.15, 0.2) is 0 Å². The standard InChI is InChI=1S/C6H13ClN2O4S2/c1-8(15(7,12)13)6-3-4-9(5-6)14(2,10)11/h6H,3-5H2,1-2H3. The van der Waals surface area contributed by atoms with Crippen LogP contribution in [-0.2, 0) is 19.3 Å². The SMILES string of the molecule is CN(C1CCN(S(C)(=O)=O)C1)S(=O)(=O)Cl. The third-order valence-corrected chi connectivity index (χ3v) is 5.36. The van der Waals surface area contributed by atoms with Crippen LogP contribution in [0.25, 0.3) is 0 Å². The molecule has 0 aromatic carbocycles. The van der Waals surface area contributed by atoms with Crippen LogP contribution in [0.1, 0.15) is 6.42 Å². The second-order valence-electron chi connectivity index (χ2n) is 3.52. The van der Waals surface area contributed by atoms with Crippen LogP contribution < -0.4 is 0 Å². The van der Waals surface area contributed by atoms with Gasteiger partial charge in [-0.1, -0.05) is 0 Å². The first-order chi connectivity index (χ1) is 6.62.